The molecule has 2 aromatic heterocycles. The number of nitrogens with zero attached hydrogens (tertiary/aromatic N) is 7. The highest BCUT2D eigenvalue weighted by atomic mass is 19.3. The van der Waals surface area contributed by atoms with Crippen LogP contribution in [0.3, 0.4) is 0 Å². The number of halogens is 3. The maximum absolute atomic E-state index is 15.3. The number of nitrogens with one attached hydrogen (secondary N) is 3. The van der Waals surface area contributed by atoms with Gasteiger partial charge in [-0.3, -0.25) is 24.5 Å². The molecule has 4 aliphatic heterocycles. The number of piperidine rings is 3. The van der Waals surface area contributed by atoms with E-state index in [2.05, 4.69) is 40.7 Å². The second-order valence-corrected chi connectivity index (χ2v) is 17.6. The first kappa shape index (κ1) is 42.2. The molecule has 1 aliphatic carbocycles. The van der Waals surface area contributed by atoms with Gasteiger partial charge in [0.05, 0.1) is 37.7 Å². The summed E-state index contributed by atoms with van der Waals surface area (Å²) in [5, 5.41) is 8.52. The van der Waals surface area contributed by atoms with Gasteiger partial charge in [0.1, 0.15) is 28.6 Å². The monoisotopic (exact) mass is 846 g/mol. The van der Waals surface area contributed by atoms with Crippen molar-refractivity contribution in [2.45, 2.75) is 89.1 Å². The number of imide groups is 1. The fourth-order valence-corrected chi connectivity index (χ4v) is 9.65. The van der Waals surface area contributed by atoms with Crippen molar-refractivity contribution in [3.05, 3.63) is 53.7 Å². The minimum Gasteiger partial charge on any atom is -0.494 e. The number of fused-ring (bicyclic) bond motifs is 1. The molecule has 1 unspecified atom stereocenters. The van der Waals surface area contributed by atoms with Crippen LogP contribution in [-0.2, 0) is 14.4 Å². The molecular formula is C43H53F3N10O5. The Balaban J connectivity index is 0.793. The maximum Gasteiger partial charge on any atom is 0.342 e. The Morgan fingerprint density at radius 3 is 2.41 bits per heavy atom. The van der Waals surface area contributed by atoms with Gasteiger partial charge in [-0.05, 0) is 101 Å². The summed E-state index contributed by atoms with van der Waals surface area (Å²) >= 11 is 0. The van der Waals surface area contributed by atoms with Gasteiger partial charge in [-0.2, -0.15) is 13.8 Å². The van der Waals surface area contributed by atoms with Crippen LogP contribution in [0.2, 0.25) is 0 Å². The molecule has 4 fully saturated rings. The molecular weight excluding hydrogens is 794 g/mol. The van der Waals surface area contributed by atoms with E-state index in [0.717, 1.165) is 76.1 Å². The molecule has 8 rings (SSSR count). The molecule has 3 aromatic rings. The van der Waals surface area contributed by atoms with Gasteiger partial charge in [-0.25, -0.2) is 14.4 Å². The Labute approximate surface area is 352 Å². The maximum atomic E-state index is 15.3. The number of aromatic nitrogens is 3. The van der Waals surface area contributed by atoms with Crippen LogP contribution < -0.4 is 35.4 Å². The first-order valence-electron chi connectivity index (χ1n) is 21.1. The standard InChI is InChI=1S/C43H53F3N10O5/c1-25(2)56-24-43(45,46)40(60)53(3)34-22-48-41(52-37(34)56)50-32-21-47-31(18-35(32)61-4)39(59)49-28-19-42(20-28)11-15-54(16-12-42)23-26-9-13-55(14-10-26)33-7-5-27(17-30(33)44)29-6-8-36(57)51-38(29)58/h5,7,17-18,21-22,25-26,28-29H,6,8-16,19-20,23-24H2,1-4H3,(H,49,59)(H,48,50,52)(H,51,57,58). The predicted octanol–water partition coefficient (Wildman–Crippen LogP) is 5.00. The summed E-state index contributed by atoms with van der Waals surface area (Å²) in [6, 6.07) is 6.22. The summed E-state index contributed by atoms with van der Waals surface area (Å²) in [4.78, 5) is 69.7. The average molecular weight is 847 g/mol. The van der Waals surface area contributed by atoms with Crippen LogP contribution in [0.4, 0.5) is 42.0 Å². The van der Waals surface area contributed by atoms with Crippen molar-refractivity contribution >= 4 is 52.5 Å². The topological polar surface area (TPSA) is 165 Å². The van der Waals surface area contributed by atoms with Crippen molar-refractivity contribution < 1.29 is 37.1 Å². The lowest BCUT2D eigenvalue weighted by Crippen LogP contribution is -2.55. The van der Waals surface area contributed by atoms with E-state index in [-0.39, 0.29) is 70.6 Å². The average Bonchev–Trinajstić information content (AvgIpc) is 3.29. The molecule has 3 saturated heterocycles. The summed E-state index contributed by atoms with van der Waals surface area (Å²) in [7, 11) is 2.73. The molecule has 4 amide bonds. The van der Waals surface area contributed by atoms with Crippen LogP contribution in [0.25, 0.3) is 0 Å². The number of anilines is 5. The largest absolute Gasteiger partial charge is 0.494 e. The van der Waals surface area contributed by atoms with Gasteiger partial charge in [-0.1, -0.05) is 6.07 Å². The number of hydrogen-bond donors (Lipinski definition) is 3. The number of likely N-dealkylation sites (tertiary alicyclic amines) is 1. The van der Waals surface area contributed by atoms with Crippen LogP contribution in [0.15, 0.2) is 36.7 Å². The van der Waals surface area contributed by atoms with Gasteiger partial charge < -0.3 is 35.0 Å². The fraction of sp³-hybridized carbons (Fsp3) is 0.558. The minimum atomic E-state index is -3.61. The Morgan fingerprint density at radius 2 is 1.74 bits per heavy atom. The second kappa shape index (κ2) is 16.7. The van der Waals surface area contributed by atoms with Crippen molar-refractivity contribution in [1.82, 2.24) is 30.5 Å². The lowest BCUT2D eigenvalue weighted by atomic mass is 9.60. The number of amides is 4. The smallest absolute Gasteiger partial charge is 0.342 e. The second-order valence-electron chi connectivity index (χ2n) is 17.6. The van der Waals surface area contributed by atoms with E-state index in [1.54, 1.807) is 19.9 Å². The quantitative estimate of drug-likeness (QED) is 0.235. The Kier molecular flexibility index (Phi) is 11.6. The minimum absolute atomic E-state index is 0.0433. The molecule has 1 aromatic carbocycles. The van der Waals surface area contributed by atoms with Crippen molar-refractivity contribution in [3.63, 3.8) is 0 Å². The van der Waals surface area contributed by atoms with E-state index in [1.165, 1.54) is 43.6 Å². The van der Waals surface area contributed by atoms with E-state index in [0.29, 0.717) is 35.0 Å². The number of methoxy groups -OCH3 is 1. The number of hydrogen-bond acceptors (Lipinski definition) is 12. The third-order valence-corrected chi connectivity index (χ3v) is 13.3. The summed E-state index contributed by atoms with van der Waals surface area (Å²) in [5.41, 5.74) is 2.09. The number of benzene rings is 1. The zero-order valence-corrected chi connectivity index (χ0v) is 35.0. The molecule has 5 aliphatic rings. The molecule has 3 N–H and O–H groups in total. The molecule has 18 heteroatoms. The third-order valence-electron chi connectivity index (χ3n) is 13.3. The third kappa shape index (κ3) is 8.68. The molecule has 1 saturated carbocycles. The first-order valence-corrected chi connectivity index (χ1v) is 21.1. The van der Waals surface area contributed by atoms with Gasteiger partial charge in [-0.15, -0.1) is 0 Å². The molecule has 1 spiro atoms. The van der Waals surface area contributed by atoms with E-state index < -0.39 is 24.3 Å². The fourth-order valence-electron chi connectivity index (χ4n) is 9.65. The molecule has 1 atom stereocenters. The Hall–Kier alpha value is -5.52. The molecule has 15 nitrogen and oxygen atoms in total. The van der Waals surface area contributed by atoms with E-state index in [4.69, 9.17) is 4.74 Å². The zero-order chi connectivity index (χ0) is 43.2. The number of carbonyl (C=O) groups is 4. The van der Waals surface area contributed by atoms with E-state index in [9.17, 15) is 28.0 Å². The van der Waals surface area contributed by atoms with Gasteiger partial charge in [0.15, 0.2) is 5.82 Å². The molecule has 0 bridgehead atoms. The van der Waals surface area contributed by atoms with Gasteiger partial charge in [0, 0.05) is 51.3 Å². The molecule has 6 heterocycles. The lowest BCUT2D eigenvalue weighted by Gasteiger charge is -2.52. The zero-order valence-electron chi connectivity index (χ0n) is 35.0. The molecule has 326 valence electrons. The van der Waals surface area contributed by atoms with Crippen LogP contribution in [0, 0.1) is 17.2 Å². The highest BCUT2D eigenvalue weighted by Gasteiger charge is 2.48. The summed E-state index contributed by atoms with van der Waals surface area (Å²) in [6.07, 6.45) is 9.33. The summed E-state index contributed by atoms with van der Waals surface area (Å²) < 4.78 is 50.3. The van der Waals surface area contributed by atoms with Crippen LogP contribution in [0.1, 0.15) is 87.2 Å². The van der Waals surface area contributed by atoms with Crippen LogP contribution >= 0.6 is 0 Å². The number of carbonyl (C=O) groups excluding carboxylic acids is 4. The van der Waals surface area contributed by atoms with Crippen molar-refractivity contribution in [3.8, 4) is 5.75 Å². The number of alkyl halides is 2. The van der Waals surface area contributed by atoms with E-state index >= 15 is 4.39 Å². The van der Waals surface area contributed by atoms with Crippen molar-refractivity contribution in [2.75, 3.05) is 73.4 Å². The summed E-state index contributed by atoms with van der Waals surface area (Å²) in [6.45, 7) is 7.24. The number of rotatable bonds is 10. The predicted molar refractivity (Wildman–Crippen MR) is 222 cm³/mol. The van der Waals surface area contributed by atoms with Gasteiger partial charge >= 0.3 is 5.92 Å². The Bertz CT molecular complexity index is 2180. The SMILES string of the molecule is COc1cc(C(=O)NC2CC3(CCN(CC4CCN(c5ccc(C6CCC(=O)NC6=O)cc5F)CC4)CC3)C2)ncc1Nc1ncc2c(n1)N(C(C)C)CC(F)(F)C(=O)N2C. The van der Waals surface area contributed by atoms with Crippen molar-refractivity contribution in [2.24, 2.45) is 11.3 Å². The highest BCUT2D eigenvalue weighted by molar-refractivity contribution is 6.02. The number of pyridine rings is 1. The van der Waals surface area contributed by atoms with Gasteiger partial charge in [0.25, 0.3) is 11.8 Å². The lowest BCUT2D eigenvalue weighted by molar-refractivity contribution is -0.140. The number of ether oxygens (including phenoxy) is 1. The first-order chi connectivity index (χ1) is 29.1. The molecule has 61 heavy (non-hydrogen) atoms. The highest BCUT2D eigenvalue weighted by Crippen LogP contribution is 2.49. The van der Waals surface area contributed by atoms with Gasteiger partial charge in [0.2, 0.25) is 17.8 Å². The van der Waals surface area contributed by atoms with Crippen molar-refractivity contribution in [1.29, 1.82) is 0 Å². The van der Waals surface area contributed by atoms with Crippen LogP contribution in [-0.4, -0.2) is 115 Å². The molecule has 0 radical (unpaired) electrons. The Morgan fingerprint density at radius 1 is 1.00 bits per heavy atom. The van der Waals surface area contributed by atoms with E-state index in [1.807, 2.05) is 6.07 Å². The van der Waals surface area contributed by atoms with Crippen LogP contribution in [0.5, 0.6) is 5.75 Å². The summed E-state index contributed by atoms with van der Waals surface area (Å²) in [5.74, 6) is -5.63. The normalized spacial score (nSPS) is 22.1.